The Morgan fingerprint density at radius 2 is 1.47 bits per heavy atom. The molecule has 100 valence electrons. The Labute approximate surface area is 108 Å². The number of nitro benzene ring substituents is 3. The summed E-state index contributed by atoms with van der Waals surface area (Å²) in [6.45, 7) is 0. The zero-order chi connectivity index (χ0) is 14.7. The molecule has 0 atom stereocenters. The molecule has 1 aromatic rings. The molecule has 0 bridgehead atoms. The van der Waals surface area contributed by atoms with E-state index in [0.717, 1.165) is 0 Å². The van der Waals surface area contributed by atoms with Crippen LogP contribution >= 0.6 is 11.6 Å². The fourth-order valence-electron chi connectivity index (χ4n) is 1.25. The van der Waals surface area contributed by atoms with E-state index in [9.17, 15) is 30.3 Å². The number of benzene rings is 1. The Morgan fingerprint density at radius 3 is 1.74 bits per heavy atom. The van der Waals surface area contributed by atoms with Gasteiger partial charge >= 0.3 is 0 Å². The van der Waals surface area contributed by atoms with Crippen LogP contribution < -0.4 is 0 Å². The van der Waals surface area contributed by atoms with E-state index in [0.29, 0.717) is 12.1 Å². The summed E-state index contributed by atoms with van der Waals surface area (Å²) >= 11 is 5.34. The van der Waals surface area contributed by atoms with Crippen molar-refractivity contribution in [2.45, 2.75) is 0 Å². The standard InChI is InChI=1S/C7H3ClN4O7/c8-7(9-13)6-4(11(16)17)1-3(10(14)15)2-5(6)12(18)19/h1-2,13H. The van der Waals surface area contributed by atoms with Crippen molar-refractivity contribution in [3.05, 3.63) is 48.0 Å². The Kier molecular flexibility index (Phi) is 3.91. The van der Waals surface area contributed by atoms with Crippen LogP contribution in [0.15, 0.2) is 17.3 Å². The van der Waals surface area contributed by atoms with Crippen LogP contribution in [-0.4, -0.2) is 25.1 Å². The van der Waals surface area contributed by atoms with Crippen molar-refractivity contribution in [3.8, 4) is 0 Å². The Hall–Kier alpha value is -2.82. The highest BCUT2D eigenvalue weighted by Gasteiger charge is 2.33. The lowest BCUT2D eigenvalue weighted by atomic mass is 10.1. The van der Waals surface area contributed by atoms with Crippen LogP contribution in [0, 0.1) is 30.3 Å². The van der Waals surface area contributed by atoms with Gasteiger partial charge in [-0.2, -0.15) is 0 Å². The molecule has 0 saturated heterocycles. The second kappa shape index (κ2) is 5.22. The molecular weight excluding hydrogens is 288 g/mol. The first-order chi connectivity index (χ1) is 8.79. The molecule has 0 spiro atoms. The maximum absolute atomic E-state index is 10.8. The smallest absolute Gasteiger partial charge is 0.293 e. The summed E-state index contributed by atoms with van der Waals surface area (Å²) in [5.41, 5.74) is -3.69. The number of nitrogens with zero attached hydrogens (tertiary/aromatic N) is 4. The van der Waals surface area contributed by atoms with Crippen LogP contribution in [0.2, 0.25) is 0 Å². The van der Waals surface area contributed by atoms with Gasteiger partial charge in [-0.05, 0) is 0 Å². The van der Waals surface area contributed by atoms with Crippen molar-refractivity contribution in [2.75, 3.05) is 0 Å². The van der Waals surface area contributed by atoms with Crippen LogP contribution in [0.25, 0.3) is 0 Å². The molecule has 0 aromatic heterocycles. The Morgan fingerprint density at radius 1 is 1.05 bits per heavy atom. The Balaban J connectivity index is 3.81. The first-order valence-corrected chi connectivity index (χ1v) is 4.66. The molecule has 11 nitrogen and oxygen atoms in total. The normalized spacial score (nSPS) is 11.1. The third-order valence-corrected chi connectivity index (χ3v) is 2.24. The van der Waals surface area contributed by atoms with Gasteiger partial charge in [-0.25, -0.2) is 0 Å². The molecule has 0 fully saturated rings. The number of non-ortho nitro benzene ring substituents is 1. The predicted molar refractivity (Wildman–Crippen MR) is 60.6 cm³/mol. The molecule has 12 heteroatoms. The van der Waals surface area contributed by atoms with E-state index >= 15 is 0 Å². The lowest BCUT2D eigenvalue weighted by Crippen LogP contribution is -2.06. The fourth-order valence-corrected chi connectivity index (χ4v) is 1.45. The molecule has 0 amide bonds. The highest BCUT2D eigenvalue weighted by atomic mass is 35.5. The summed E-state index contributed by atoms with van der Waals surface area (Å²) in [5, 5.41) is 42.0. The van der Waals surface area contributed by atoms with E-state index in [1.54, 1.807) is 0 Å². The fraction of sp³-hybridized carbons (Fsp3) is 0. The first-order valence-electron chi connectivity index (χ1n) is 4.28. The lowest BCUT2D eigenvalue weighted by molar-refractivity contribution is -0.403. The molecular formula is C7H3ClN4O7. The van der Waals surface area contributed by atoms with Gasteiger partial charge in [0.25, 0.3) is 17.1 Å². The van der Waals surface area contributed by atoms with Crippen molar-refractivity contribution < 1.29 is 20.0 Å². The van der Waals surface area contributed by atoms with Crippen molar-refractivity contribution in [2.24, 2.45) is 5.16 Å². The van der Waals surface area contributed by atoms with Gasteiger partial charge in [-0.3, -0.25) is 30.3 Å². The quantitative estimate of drug-likeness (QED) is 0.382. The SMILES string of the molecule is O=[N+]([O-])c1cc([N+](=O)[O-])c(C(Cl)=NO)c([N+](=O)[O-])c1. The van der Waals surface area contributed by atoms with E-state index in [1.807, 2.05) is 0 Å². The van der Waals surface area contributed by atoms with E-state index < -0.39 is 42.6 Å². The first kappa shape index (κ1) is 14.2. The van der Waals surface area contributed by atoms with E-state index in [2.05, 4.69) is 5.16 Å². The molecule has 1 rings (SSSR count). The number of rotatable bonds is 4. The molecule has 0 aliphatic heterocycles. The van der Waals surface area contributed by atoms with Gasteiger partial charge in [0.15, 0.2) is 10.7 Å². The second-order valence-electron chi connectivity index (χ2n) is 3.02. The summed E-state index contributed by atoms with van der Waals surface area (Å²) in [6, 6.07) is 0.964. The van der Waals surface area contributed by atoms with E-state index in [4.69, 9.17) is 16.8 Å². The number of oxime groups is 1. The van der Waals surface area contributed by atoms with Crippen LogP contribution in [0.1, 0.15) is 5.56 Å². The van der Waals surface area contributed by atoms with Crippen molar-refractivity contribution in [1.82, 2.24) is 0 Å². The third kappa shape index (κ3) is 2.71. The van der Waals surface area contributed by atoms with Crippen LogP contribution in [0.4, 0.5) is 17.1 Å². The van der Waals surface area contributed by atoms with Crippen molar-refractivity contribution in [1.29, 1.82) is 0 Å². The summed E-state index contributed by atoms with van der Waals surface area (Å²) < 4.78 is 0. The molecule has 0 radical (unpaired) electrons. The third-order valence-electron chi connectivity index (χ3n) is 1.98. The minimum absolute atomic E-state index is 0.482. The summed E-state index contributed by atoms with van der Waals surface area (Å²) in [7, 11) is 0. The van der Waals surface area contributed by atoms with Gasteiger partial charge in [0.1, 0.15) is 0 Å². The summed E-state index contributed by atoms with van der Waals surface area (Å²) in [6.07, 6.45) is 0. The molecule has 19 heavy (non-hydrogen) atoms. The maximum atomic E-state index is 10.8. The molecule has 0 aliphatic carbocycles. The highest BCUT2D eigenvalue weighted by molar-refractivity contribution is 6.70. The number of halogens is 1. The van der Waals surface area contributed by atoms with Crippen molar-refractivity contribution in [3.63, 3.8) is 0 Å². The molecule has 0 unspecified atom stereocenters. The average molecular weight is 291 g/mol. The second-order valence-corrected chi connectivity index (χ2v) is 3.38. The molecule has 0 saturated carbocycles. The number of hydrogen-bond donors (Lipinski definition) is 1. The zero-order valence-corrected chi connectivity index (χ0v) is 9.47. The molecule has 0 heterocycles. The number of nitro groups is 3. The molecule has 1 N–H and O–H groups in total. The number of hydrogen-bond acceptors (Lipinski definition) is 8. The monoisotopic (exact) mass is 290 g/mol. The average Bonchev–Trinajstić information content (AvgIpc) is 2.35. The summed E-state index contributed by atoms with van der Waals surface area (Å²) in [5.74, 6) is 0. The van der Waals surface area contributed by atoms with Crippen molar-refractivity contribution >= 4 is 33.8 Å². The van der Waals surface area contributed by atoms with Gasteiger partial charge in [0, 0.05) is 0 Å². The van der Waals surface area contributed by atoms with Gasteiger partial charge in [-0.1, -0.05) is 16.8 Å². The van der Waals surface area contributed by atoms with Gasteiger partial charge in [-0.15, -0.1) is 0 Å². The van der Waals surface area contributed by atoms with Crippen LogP contribution in [-0.2, 0) is 0 Å². The maximum Gasteiger partial charge on any atom is 0.293 e. The lowest BCUT2D eigenvalue weighted by Gasteiger charge is -2.01. The molecule has 1 aromatic carbocycles. The van der Waals surface area contributed by atoms with E-state index in [-0.39, 0.29) is 0 Å². The summed E-state index contributed by atoms with van der Waals surface area (Å²) in [4.78, 5) is 28.8. The van der Waals surface area contributed by atoms with Crippen LogP contribution in [0.3, 0.4) is 0 Å². The van der Waals surface area contributed by atoms with Gasteiger partial charge in [0.05, 0.1) is 26.9 Å². The zero-order valence-electron chi connectivity index (χ0n) is 8.72. The predicted octanol–water partition coefficient (Wildman–Crippen LogP) is 1.79. The Bertz CT molecular complexity index is 578. The van der Waals surface area contributed by atoms with Gasteiger partial charge in [0.2, 0.25) is 0 Å². The van der Waals surface area contributed by atoms with Crippen LogP contribution in [0.5, 0.6) is 0 Å². The highest BCUT2D eigenvalue weighted by Crippen LogP contribution is 2.34. The van der Waals surface area contributed by atoms with E-state index in [1.165, 1.54) is 0 Å². The minimum atomic E-state index is -1.11. The largest absolute Gasteiger partial charge is 0.410 e. The van der Waals surface area contributed by atoms with Gasteiger partial charge < -0.3 is 5.21 Å². The molecule has 0 aliphatic rings. The topological polar surface area (TPSA) is 162 Å². The minimum Gasteiger partial charge on any atom is -0.410 e.